The van der Waals surface area contributed by atoms with Gasteiger partial charge in [-0.15, -0.1) is 0 Å². The van der Waals surface area contributed by atoms with Crippen LogP contribution < -0.4 is 5.32 Å². The van der Waals surface area contributed by atoms with Gasteiger partial charge in [-0.3, -0.25) is 14.3 Å². The average molecular weight is 278 g/mol. The van der Waals surface area contributed by atoms with Crippen LogP contribution in [-0.4, -0.2) is 38.6 Å². The summed E-state index contributed by atoms with van der Waals surface area (Å²) < 4.78 is 1.72. The molecule has 20 heavy (non-hydrogen) atoms. The molecule has 1 aromatic heterocycles. The van der Waals surface area contributed by atoms with Gasteiger partial charge in [0.15, 0.2) is 0 Å². The van der Waals surface area contributed by atoms with Crippen molar-refractivity contribution in [3.8, 4) is 0 Å². The van der Waals surface area contributed by atoms with Crippen LogP contribution in [0.15, 0.2) is 12.4 Å². The molecule has 1 aromatic rings. The summed E-state index contributed by atoms with van der Waals surface area (Å²) in [4.78, 5) is 26.4. The fraction of sp³-hybridized carbons (Fsp3) is 0.643. The molecule has 0 radical (unpaired) electrons. The Morgan fingerprint density at radius 2 is 2.05 bits per heavy atom. The van der Waals surface area contributed by atoms with Crippen molar-refractivity contribution in [1.82, 2.24) is 20.0 Å². The highest BCUT2D eigenvalue weighted by molar-refractivity contribution is 5.93. The fourth-order valence-corrected chi connectivity index (χ4v) is 2.68. The van der Waals surface area contributed by atoms with Crippen molar-refractivity contribution in [2.75, 3.05) is 6.54 Å². The first-order valence-electron chi connectivity index (χ1n) is 7.08. The molecule has 1 aliphatic heterocycles. The molecule has 1 aliphatic rings. The summed E-state index contributed by atoms with van der Waals surface area (Å²) >= 11 is 0. The molecule has 110 valence electrons. The molecule has 6 heteroatoms. The van der Waals surface area contributed by atoms with E-state index in [0.717, 1.165) is 5.56 Å². The van der Waals surface area contributed by atoms with E-state index in [0.29, 0.717) is 32.4 Å². The summed E-state index contributed by atoms with van der Waals surface area (Å²) in [6, 6.07) is 0. The van der Waals surface area contributed by atoms with Gasteiger partial charge in [-0.25, -0.2) is 0 Å². The molecule has 2 rings (SSSR count). The quantitative estimate of drug-likeness (QED) is 0.887. The van der Waals surface area contributed by atoms with E-state index in [-0.39, 0.29) is 11.8 Å². The average Bonchev–Trinajstić information content (AvgIpc) is 2.80. The molecule has 0 spiro atoms. The fourth-order valence-electron chi connectivity index (χ4n) is 2.68. The SMILES string of the molecule is CCC1(CC)NC(=O)CCN(Cc2cnn(C)c2)C1=O. The third-order valence-electron chi connectivity index (χ3n) is 4.02. The van der Waals surface area contributed by atoms with Crippen LogP contribution in [0.2, 0.25) is 0 Å². The van der Waals surface area contributed by atoms with Gasteiger partial charge in [-0.05, 0) is 12.8 Å². The summed E-state index contributed by atoms with van der Waals surface area (Å²) in [7, 11) is 1.85. The summed E-state index contributed by atoms with van der Waals surface area (Å²) in [5, 5.41) is 7.03. The highest BCUT2D eigenvalue weighted by Gasteiger charge is 2.41. The number of hydrogen-bond donors (Lipinski definition) is 1. The maximum absolute atomic E-state index is 12.8. The molecule has 0 unspecified atom stereocenters. The third-order valence-corrected chi connectivity index (χ3v) is 4.02. The van der Waals surface area contributed by atoms with Crippen molar-refractivity contribution in [3.05, 3.63) is 18.0 Å². The normalized spacial score (nSPS) is 18.9. The van der Waals surface area contributed by atoms with Crippen molar-refractivity contribution in [3.63, 3.8) is 0 Å². The van der Waals surface area contributed by atoms with Gasteiger partial charge in [0.1, 0.15) is 5.54 Å². The van der Waals surface area contributed by atoms with E-state index in [4.69, 9.17) is 0 Å². The first-order valence-corrected chi connectivity index (χ1v) is 7.08. The molecule has 2 heterocycles. The second-order valence-electron chi connectivity index (χ2n) is 5.34. The van der Waals surface area contributed by atoms with E-state index in [9.17, 15) is 9.59 Å². The van der Waals surface area contributed by atoms with Crippen molar-refractivity contribution in [2.45, 2.75) is 45.2 Å². The molecule has 2 amide bonds. The molecule has 0 bridgehead atoms. The first-order chi connectivity index (χ1) is 9.50. The van der Waals surface area contributed by atoms with Crippen LogP contribution in [0.4, 0.5) is 0 Å². The number of nitrogens with zero attached hydrogens (tertiary/aromatic N) is 3. The topological polar surface area (TPSA) is 67.2 Å². The van der Waals surface area contributed by atoms with Gasteiger partial charge in [0.2, 0.25) is 11.8 Å². The van der Waals surface area contributed by atoms with Crippen LogP contribution in [0.3, 0.4) is 0 Å². The summed E-state index contributed by atoms with van der Waals surface area (Å²) in [6.45, 7) is 4.84. The Hall–Kier alpha value is -1.85. The van der Waals surface area contributed by atoms with Gasteiger partial charge in [-0.2, -0.15) is 5.10 Å². The lowest BCUT2D eigenvalue weighted by Gasteiger charge is -2.33. The lowest BCUT2D eigenvalue weighted by molar-refractivity contribution is -0.139. The maximum Gasteiger partial charge on any atom is 0.248 e. The number of aromatic nitrogens is 2. The number of aryl methyl sites for hydroxylation is 1. The molecule has 0 saturated carbocycles. The van der Waals surface area contributed by atoms with Gasteiger partial charge in [0.05, 0.1) is 6.20 Å². The minimum absolute atomic E-state index is 0.0113. The van der Waals surface area contributed by atoms with Crippen LogP contribution in [0.5, 0.6) is 0 Å². The Bertz CT molecular complexity index is 505. The Kier molecular flexibility index (Phi) is 4.11. The standard InChI is InChI=1S/C14H22N4O2/c1-4-14(5-2)13(20)18(7-6-12(19)16-14)10-11-8-15-17(3)9-11/h8-9H,4-7,10H2,1-3H3,(H,16,19). The number of amides is 2. The Balaban J connectivity index is 2.23. The minimum atomic E-state index is -0.754. The van der Waals surface area contributed by atoms with Crippen molar-refractivity contribution < 1.29 is 9.59 Å². The van der Waals surface area contributed by atoms with Crippen LogP contribution in [-0.2, 0) is 23.2 Å². The van der Waals surface area contributed by atoms with Crippen molar-refractivity contribution >= 4 is 11.8 Å². The lowest BCUT2D eigenvalue weighted by atomic mass is 9.91. The summed E-state index contributed by atoms with van der Waals surface area (Å²) in [6.07, 6.45) is 5.23. The summed E-state index contributed by atoms with van der Waals surface area (Å²) in [5.41, 5.74) is 0.229. The molecule has 0 aromatic carbocycles. The van der Waals surface area contributed by atoms with E-state index < -0.39 is 5.54 Å². The molecule has 1 N–H and O–H groups in total. The van der Waals surface area contributed by atoms with Gasteiger partial charge in [0.25, 0.3) is 0 Å². The number of carbonyl (C=O) groups excluding carboxylic acids is 2. The van der Waals surface area contributed by atoms with Crippen molar-refractivity contribution in [2.24, 2.45) is 7.05 Å². The molecule has 0 aliphatic carbocycles. The minimum Gasteiger partial charge on any atom is -0.342 e. The third kappa shape index (κ3) is 2.69. The van der Waals surface area contributed by atoms with E-state index in [1.165, 1.54) is 0 Å². The van der Waals surface area contributed by atoms with E-state index >= 15 is 0 Å². The number of rotatable bonds is 4. The van der Waals surface area contributed by atoms with E-state index in [1.54, 1.807) is 15.8 Å². The molecular formula is C14H22N4O2. The van der Waals surface area contributed by atoms with Crippen LogP contribution in [0.1, 0.15) is 38.7 Å². The Labute approximate surface area is 119 Å². The van der Waals surface area contributed by atoms with Crippen molar-refractivity contribution in [1.29, 1.82) is 0 Å². The zero-order valence-corrected chi connectivity index (χ0v) is 12.3. The summed E-state index contributed by atoms with van der Waals surface area (Å²) in [5.74, 6) is -0.0343. The number of nitrogens with one attached hydrogen (secondary N) is 1. The van der Waals surface area contributed by atoms with Crippen LogP contribution in [0.25, 0.3) is 0 Å². The predicted octanol–water partition coefficient (Wildman–Crippen LogP) is 0.827. The molecular weight excluding hydrogens is 256 g/mol. The Morgan fingerprint density at radius 3 is 2.60 bits per heavy atom. The lowest BCUT2D eigenvalue weighted by Crippen LogP contribution is -2.56. The second-order valence-corrected chi connectivity index (χ2v) is 5.34. The van der Waals surface area contributed by atoms with Gasteiger partial charge >= 0.3 is 0 Å². The zero-order valence-electron chi connectivity index (χ0n) is 12.3. The molecule has 1 saturated heterocycles. The van der Waals surface area contributed by atoms with Crippen LogP contribution >= 0.6 is 0 Å². The van der Waals surface area contributed by atoms with Gasteiger partial charge in [0, 0.05) is 38.3 Å². The second kappa shape index (κ2) is 5.64. The predicted molar refractivity (Wildman–Crippen MR) is 74.7 cm³/mol. The molecule has 1 fully saturated rings. The highest BCUT2D eigenvalue weighted by Crippen LogP contribution is 2.23. The number of carbonyl (C=O) groups is 2. The molecule has 6 nitrogen and oxygen atoms in total. The zero-order chi connectivity index (χ0) is 14.8. The smallest absolute Gasteiger partial charge is 0.248 e. The largest absolute Gasteiger partial charge is 0.342 e. The number of hydrogen-bond acceptors (Lipinski definition) is 3. The van der Waals surface area contributed by atoms with Gasteiger partial charge < -0.3 is 10.2 Å². The highest BCUT2D eigenvalue weighted by atomic mass is 16.2. The van der Waals surface area contributed by atoms with E-state index in [1.807, 2.05) is 27.1 Å². The molecule has 0 atom stereocenters. The van der Waals surface area contributed by atoms with Gasteiger partial charge in [-0.1, -0.05) is 13.8 Å². The monoisotopic (exact) mass is 278 g/mol. The van der Waals surface area contributed by atoms with Crippen LogP contribution in [0, 0.1) is 0 Å². The van der Waals surface area contributed by atoms with E-state index in [2.05, 4.69) is 10.4 Å². The first kappa shape index (κ1) is 14.6. The Morgan fingerprint density at radius 1 is 1.35 bits per heavy atom. The maximum atomic E-state index is 12.8.